The molecule has 1 aliphatic carbocycles. The highest BCUT2D eigenvalue weighted by molar-refractivity contribution is 8.00. The summed E-state index contributed by atoms with van der Waals surface area (Å²) in [5.74, 6) is 0.770. The van der Waals surface area contributed by atoms with Crippen LogP contribution in [0.1, 0.15) is 47.4 Å². The van der Waals surface area contributed by atoms with Crippen molar-refractivity contribution in [1.29, 1.82) is 0 Å². The molecular weight excluding hydrogens is 398 g/mol. The topological polar surface area (TPSA) is 88.9 Å². The van der Waals surface area contributed by atoms with Gasteiger partial charge in [-0.2, -0.15) is 0 Å². The molecule has 30 heavy (non-hydrogen) atoms. The highest BCUT2D eigenvalue weighted by Gasteiger charge is 2.31. The van der Waals surface area contributed by atoms with Gasteiger partial charge in [-0.15, -0.1) is 10.2 Å². The Kier molecular flexibility index (Phi) is 6.13. The number of carbonyl (C=O) groups is 2. The maximum atomic E-state index is 12.5. The van der Waals surface area contributed by atoms with E-state index in [9.17, 15) is 9.59 Å². The Morgan fingerprint density at radius 1 is 1.03 bits per heavy atom. The first-order valence-corrected chi connectivity index (χ1v) is 10.8. The molecule has 4 rings (SSSR count). The van der Waals surface area contributed by atoms with Crippen molar-refractivity contribution in [2.45, 2.75) is 42.6 Å². The lowest BCUT2D eigenvalue weighted by molar-refractivity contribution is -0.121. The van der Waals surface area contributed by atoms with E-state index in [0.717, 1.165) is 24.2 Å². The molecule has 2 amide bonds. The summed E-state index contributed by atoms with van der Waals surface area (Å²) >= 11 is 1.34. The van der Waals surface area contributed by atoms with Crippen molar-refractivity contribution in [2.24, 2.45) is 0 Å². The smallest absolute Gasteiger partial charge is 0.269 e. The van der Waals surface area contributed by atoms with Gasteiger partial charge in [0.05, 0.1) is 11.8 Å². The van der Waals surface area contributed by atoms with Gasteiger partial charge < -0.3 is 4.57 Å². The quantitative estimate of drug-likeness (QED) is 0.452. The first kappa shape index (κ1) is 20.2. The zero-order valence-electron chi connectivity index (χ0n) is 16.6. The van der Waals surface area contributed by atoms with Crippen molar-refractivity contribution in [3.8, 4) is 0 Å². The van der Waals surface area contributed by atoms with Crippen molar-refractivity contribution in [3.05, 3.63) is 77.6 Å². The van der Waals surface area contributed by atoms with E-state index in [2.05, 4.69) is 37.7 Å². The van der Waals surface area contributed by atoms with E-state index >= 15 is 0 Å². The number of amides is 2. The summed E-state index contributed by atoms with van der Waals surface area (Å²) < 4.78 is 2.10. The van der Waals surface area contributed by atoms with Gasteiger partial charge in [0.1, 0.15) is 5.82 Å². The van der Waals surface area contributed by atoms with Crippen LogP contribution >= 0.6 is 11.8 Å². The summed E-state index contributed by atoms with van der Waals surface area (Å²) in [5.41, 5.74) is 6.60. The normalized spacial score (nSPS) is 14.2. The molecule has 154 valence electrons. The molecule has 1 aromatic heterocycles. The van der Waals surface area contributed by atoms with Gasteiger partial charge in [0.2, 0.25) is 0 Å². The van der Waals surface area contributed by atoms with Crippen LogP contribution in [0.4, 0.5) is 0 Å². The molecule has 0 aliphatic heterocycles. The lowest BCUT2D eigenvalue weighted by Crippen LogP contribution is -2.45. The SMILES string of the molecule is C[C@@H](Sc1nnc(C2CC2)n1Cc1ccccc1)C(=O)NNC(=O)c1ccccc1. The van der Waals surface area contributed by atoms with E-state index in [4.69, 9.17) is 0 Å². The lowest BCUT2D eigenvalue weighted by Gasteiger charge is -2.14. The van der Waals surface area contributed by atoms with Crippen LogP contribution in [0.25, 0.3) is 0 Å². The van der Waals surface area contributed by atoms with Gasteiger partial charge in [-0.3, -0.25) is 20.4 Å². The van der Waals surface area contributed by atoms with Gasteiger partial charge in [-0.05, 0) is 37.5 Å². The highest BCUT2D eigenvalue weighted by atomic mass is 32.2. The number of hydrogen-bond donors (Lipinski definition) is 2. The molecule has 0 spiro atoms. The zero-order chi connectivity index (χ0) is 20.9. The fourth-order valence-electron chi connectivity index (χ4n) is 3.04. The Hall–Kier alpha value is -3.13. The van der Waals surface area contributed by atoms with E-state index in [-0.39, 0.29) is 11.8 Å². The second kappa shape index (κ2) is 9.13. The van der Waals surface area contributed by atoms with Crippen LogP contribution in [0.5, 0.6) is 0 Å². The third-order valence-electron chi connectivity index (χ3n) is 4.86. The minimum Gasteiger partial charge on any atom is -0.301 e. The number of rotatable bonds is 7. The van der Waals surface area contributed by atoms with E-state index in [1.165, 1.54) is 11.8 Å². The van der Waals surface area contributed by atoms with Crippen LogP contribution in [0.15, 0.2) is 65.8 Å². The molecule has 8 heteroatoms. The lowest BCUT2D eigenvalue weighted by atomic mass is 10.2. The zero-order valence-corrected chi connectivity index (χ0v) is 17.4. The van der Waals surface area contributed by atoms with Crippen LogP contribution in [0.3, 0.4) is 0 Å². The number of nitrogens with one attached hydrogen (secondary N) is 2. The predicted molar refractivity (Wildman–Crippen MR) is 115 cm³/mol. The molecule has 0 saturated heterocycles. The Morgan fingerprint density at radius 3 is 2.37 bits per heavy atom. The largest absolute Gasteiger partial charge is 0.301 e. The summed E-state index contributed by atoms with van der Waals surface area (Å²) in [6.45, 7) is 2.45. The van der Waals surface area contributed by atoms with Crippen LogP contribution in [-0.4, -0.2) is 31.8 Å². The van der Waals surface area contributed by atoms with Crippen LogP contribution in [-0.2, 0) is 11.3 Å². The van der Waals surface area contributed by atoms with Gasteiger partial charge in [0.15, 0.2) is 5.16 Å². The first-order chi connectivity index (χ1) is 14.6. The molecule has 1 atom stereocenters. The maximum absolute atomic E-state index is 12.5. The van der Waals surface area contributed by atoms with Crippen LogP contribution < -0.4 is 10.9 Å². The average molecular weight is 422 g/mol. The van der Waals surface area contributed by atoms with E-state index in [1.54, 1.807) is 31.2 Å². The van der Waals surface area contributed by atoms with Crippen molar-refractivity contribution in [2.75, 3.05) is 0 Å². The maximum Gasteiger partial charge on any atom is 0.269 e. The molecule has 2 aromatic carbocycles. The Balaban J connectivity index is 1.40. The molecule has 1 saturated carbocycles. The van der Waals surface area contributed by atoms with Crippen LogP contribution in [0.2, 0.25) is 0 Å². The number of carbonyl (C=O) groups excluding carboxylic acids is 2. The third-order valence-corrected chi connectivity index (χ3v) is 5.94. The number of aromatic nitrogens is 3. The highest BCUT2D eigenvalue weighted by Crippen LogP contribution is 2.40. The van der Waals surface area contributed by atoms with E-state index in [1.807, 2.05) is 24.3 Å². The molecule has 2 N–H and O–H groups in total. The van der Waals surface area contributed by atoms with Gasteiger partial charge >= 0.3 is 0 Å². The molecule has 7 nitrogen and oxygen atoms in total. The fraction of sp³-hybridized carbons (Fsp3) is 0.273. The third kappa shape index (κ3) is 4.88. The van der Waals surface area contributed by atoms with Crippen molar-refractivity contribution < 1.29 is 9.59 Å². The molecule has 0 radical (unpaired) electrons. The predicted octanol–water partition coefficient (Wildman–Crippen LogP) is 3.15. The minimum atomic E-state index is -0.452. The number of hydrogen-bond acceptors (Lipinski definition) is 5. The molecule has 0 unspecified atom stereocenters. The summed E-state index contributed by atoms with van der Waals surface area (Å²) in [4.78, 5) is 24.6. The van der Waals surface area contributed by atoms with Gasteiger partial charge in [0, 0.05) is 11.5 Å². The second-order valence-electron chi connectivity index (χ2n) is 7.26. The summed E-state index contributed by atoms with van der Waals surface area (Å²) in [5, 5.41) is 8.99. The summed E-state index contributed by atoms with van der Waals surface area (Å²) in [6.07, 6.45) is 2.25. The standard InChI is InChI=1S/C22H23N5O2S/c1-15(20(28)24-25-21(29)18-10-6-3-7-11-18)30-22-26-23-19(17-12-13-17)27(22)14-16-8-4-2-5-9-16/h2-11,15,17H,12-14H2,1H3,(H,24,28)(H,25,29)/t15-/m1/s1. The molecule has 1 aliphatic rings. The Morgan fingerprint density at radius 2 is 1.70 bits per heavy atom. The van der Waals surface area contributed by atoms with E-state index < -0.39 is 5.25 Å². The molecule has 1 heterocycles. The molecular formula is C22H23N5O2S. The fourth-order valence-corrected chi connectivity index (χ4v) is 3.89. The Bertz CT molecular complexity index is 1020. The first-order valence-electron chi connectivity index (χ1n) is 9.90. The second-order valence-corrected chi connectivity index (χ2v) is 8.56. The number of thioether (sulfide) groups is 1. The minimum absolute atomic E-state index is 0.300. The number of benzene rings is 2. The van der Waals surface area contributed by atoms with E-state index in [0.29, 0.717) is 23.2 Å². The number of nitrogens with zero attached hydrogens (tertiary/aromatic N) is 3. The van der Waals surface area contributed by atoms with Gasteiger partial charge in [-0.25, -0.2) is 0 Å². The monoisotopic (exact) mass is 421 g/mol. The van der Waals surface area contributed by atoms with Crippen molar-refractivity contribution in [3.63, 3.8) is 0 Å². The molecule has 3 aromatic rings. The molecule has 0 bridgehead atoms. The van der Waals surface area contributed by atoms with Gasteiger partial charge in [0.25, 0.3) is 11.8 Å². The number of hydrazine groups is 1. The summed E-state index contributed by atoms with van der Waals surface area (Å²) in [7, 11) is 0. The van der Waals surface area contributed by atoms with Crippen LogP contribution in [0, 0.1) is 0 Å². The van der Waals surface area contributed by atoms with Crippen molar-refractivity contribution >= 4 is 23.6 Å². The Labute approximate surface area is 179 Å². The van der Waals surface area contributed by atoms with Gasteiger partial charge in [-0.1, -0.05) is 60.3 Å². The van der Waals surface area contributed by atoms with Crippen molar-refractivity contribution in [1.82, 2.24) is 25.6 Å². The molecule has 1 fully saturated rings. The average Bonchev–Trinajstić information content (AvgIpc) is 3.56. The summed E-state index contributed by atoms with van der Waals surface area (Å²) in [6, 6.07) is 18.9.